The highest BCUT2D eigenvalue weighted by atomic mass is 19.1. The minimum atomic E-state index is -1.13. The molecule has 0 unspecified atom stereocenters. The lowest BCUT2D eigenvalue weighted by Gasteiger charge is -2.09. The van der Waals surface area contributed by atoms with Crippen LogP contribution in [0, 0.1) is 5.82 Å². The van der Waals surface area contributed by atoms with E-state index in [1.807, 2.05) is 0 Å². The lowest BCUT2D eigenvalue weighted by Crippen LogP contribution is -2.11. The highest BCUT2D eigenvalue weighted by Crippen LogP contribution is 2.30. The average Bonchev–Trinajstić information content (AvgIpc) is 2.48. The van der Waals surface area contributed by atoms with Crippen molar-refractivity contribution in [3.63, 3.8) is 0 Å². The van der Waals surface area contributed by atoms with Gasteiger partial charge in [0.05, 0.1) is 0 Å². The standard InChI is InChI=1S/C10H9FO3/c11-7-4-2-1-3-6(7)9-5-8(12)10(13)14-9/h1-4,8-9,12H,5H2/t8-,9+/m1/s1. The Kier molecular flexibility index (Phi) is 2.21. The molecule has 0 bridgehead atoms. The Bertz CT molecular complexity index is 364. The van der Waals surface area contributed by atoms with Crippen molar-refractivity contribution in [2.45, 2.75) is 18.6 Å². The van der Waals surface area contributed by atoms with E-state index in [9.17, 15) is 9.18 Å². The second-order valence-corrected chi connectivity index (χ2v) is 3.20. The van der Waals surface area contributed by atoms with Crippen molar-refractivity contribution >= 4 is 5.97 Å². The minimum Gasteiger partial charge on any atom is -0.455 e. The number of rotatable bonds is 1. The van der Waals surface area contributed by atoms with Gasteiger partial charge in [0.15, 0.2) is 6.10 Å². The van der Waals surface area contributed by atoms with Gasteiger partial charge in [0.1, 0.15) is 11.9 Å². The van der Waals surface area contributed by atoms with Crippen LogP contribution in [0.25, 0.3) is 0 Å². The molecule has 1 N–H and O–H groups in total. The van der Waals surface area contributed by atoms with Crippen LogP contribution in [0.3, 0.4) is 0 Å². The number of carbonyl (C=O) groups is 1. The van der Waals surface area contributed by atoms with Crippen molar-refractivity contribution in [3.05, 3.63) is 35.6 Å². The van der Waals surface area contributed by atoms with Gasteiger partial charge in [0, 0.05) is 12.0 Å². The van der Waals surface area contributed by atoms with Gasteiger partial charge >= 0.3 is 5.97 Å². The molecule has 0 spiro atoms. The summed E-state index contributed by atoms with van der Waals surface area (Å²) in [5.41, 5.74) is 0.317. The van der Waals surface area contributed by atoms with Gasteiger partial charge in [-0.05, 0) is 6.07 Å². The second-order valence-electron chi connectivity index (χ2n) is 3.20. The minimum absolute atomic E-state index is 0.125. The van der Waals surface area contributed by atoms with Crippen molar-refractivity contribution in [2.75, 3.05) is 0 Å². The van der Waals surface area contributed by atoms with Crippen LogP contribution < -0.4 is 0 Å². The number of hydrogen-bond acceptors (Lipinski definition) is 3. The molecule has 0 amide bonds. The van der Waals surface area contributed by atoms with Gasteiger partial charge in [-0.15, -0.1) is 0 Å². The molecular weight excluding hydrogens is 187 g/mol. The van der Waals surface area contributed by atoms with Gasteiger partial charge in [-0.2, -0.15) is 0 Å². The molecule has 0 aliphatic carbocycles. The summed E-state index contributed by atoms with van der Waals surface area (Å²) in [7, 11) is 0. The molecule has 0 saturated carbocycles. The molecule has 74 valence electrons. The zero-order chi connectivity index (χ0) is 10.1. The number of aliphatic hydroxyl groups excluding tert-OH is 1. The monoisotopic (exact) mass is 196 g/mol. The summed E-state index contributed by atoms with van der Waals surface area (Å²) in [6.45, 7) is 0. The first kappa shape index (κ1) is 9.15. The van der Waals surface area contributed by atoms with E-state index in [4.69, 9.17) is 9.84 Å². The Balaban J connectivity index is 2.25. The molecule has 0 aromatic heterocycles. The number of ether oxygens (including phenoxy) is 1. The molecule has 1 aromatic carbocycles. The van der Waals surface area contributed by atoms with E-state index < -0.39 is 24.0 Å². The summed E-state index contributed by atoms with van der Waals surface area (Å²) in [5.74, 6) is -1.10. The first-order chi connectivity index (χ1) is 6.68. The Hall–Kier alpha value is -1.42. The maximum absolute atomic E-state index is 13.2. The van der Waals surface area contributed by atoms with E-state index in [0.717, 1.165) is 0 Å². The summed E-state index contributed by atoms with van der Waals surface area (Å²) < 4.78 is 18.0. The molecule has 0 radical (unpaired) electrons. The van der Waals surface area contributed by atoms with E-state index in [2.05, 4.69) is 0 Å². The van der Waals surface area contributed by atoms with Gasteiger partial charge in [0.25, 0.3) is 0 Å². The van der Waals surface area contributed by atoms with Gasteiger partial charge in [0.2, 0.25) is 0 Å². The van der Waals surface area contributed by atoms with E-state index in [-0.39, 0.29) is 6.42 Å². The molecule has 1 aromatic rings. The fourth-order valence-electron chi connectivity index (χ4n) is 1.49. The maximum atomic E-state index is 13.2. The molecule has 2 rings (SSSR count). The van der Waals surface area contributed by atoms with Crippen LogP contribution in [0.15, 0.2) is 24.3 Å². The Morgan fingerprint density at radius 2 is 2.14 bits per heavy atom. The third-order valence-electron chi connectivity index (χ3n) is 2.22. The lowest BCUT2D eigenvalue weighted by molar-refractivity contribution is -0.147. The number of carbonyl (C=O) groups excluding carboxylic acids is 1. The summed E-state index contributed by atoms with van der Waals surface area (Å²) in [4.78, 5) is 10.9. The summed E-state index contributed by atoms with van der Waals surface area (Å²) >= 11 is 0. The second kappa shape index (κ2) is 3.38. The molecule has 1 aliphatic rings. The first-order valence-corrected chi connectivity index (χ1v) is 4.31. The molecular formula is C10H9FO3. The third kappa shape index (κ3) is 1.48. The number of hydrogen-bond donors (Lipinski definition) is 1. The van der Waals surface area contributed by atoms with Crippen molar-refractivity contribution in [2.24, 2.45) is 0 Å². The fraction of sp³-hybridized carbons (Fsp3) is 0.300. The van der Waals surface area contributed by atoms with Crippen molar-refractivity contribution in [1.29, 1.82) is 0 Å². The third-order valence-corrected chi connectivity index (χ3v) is 2.22. The SMILES string of the molecule is O=C1O[C@H](c2ccccc2F)C[C@H]1O. The zero-order valence-electron chi connectivity index (χ0n) is 7.31. The molecule has 1 heterocycles. The molecule has 14 heavy (non-hydrogen) atoms. The molecule has 4 heteroatoms. The van der Waals surface area contributed by atoms with Crippen LogP contribution in [0.2, 0.25) is 0 Å². The van der Waals surface area contributed by atoms with Gasteiger partial charge in [-0.1, -0.05) is 18.2 Å². The van der Waals surface area contributed by atoms with E-state index >= 15 is 0 Å². The van der Waals surface area contributed by atoms with E-state index in [1.54, 1.807) is 18.2 Å². The van der Waals surface area contributed by atoms with Crippen LogP contribution in [-0.2, 0) is 9.53 Å². The number of benzene rings is 1. The molecule has 1 fully saturated rings. The highest BCUT2D eigenvalue weighted by molar-refractivity contribution is 5.76. The lowest BCUT2D eigenvalue weighted by atomic mass is 10.1. The maximum Gasteiger partial charge on any atom is 0.335 e. The molecule has 3 nitrogen and oxygen atoms in total. The topological polar surface area (TPSA) is 46.5 Å². The summed E-state index contributed by atoms with van der Waals surface area (Å²) in [5, 5.41) is 9.12. The van der Waals surface area contributed by atoms with Crippen molar-refractivity contribution < 1.29 is 19.0 Å². The van der Waals surface area contributed by atoms with Crippen LogP contribution in [0.4, 0.5) is 4.39 Å². The van der Waals surface area contributed by atoms with E-state index in [1.165, 1.54) is 6.07 Å². The van der Waals surface area contributed by atoms with Crippen LogP contribution in [-0.4, -0.2) is 17.2 Å². The smallest absolute Gasteiger partial charge is 0.335 e. The van der Waals surface area contributed by atoms with Crippen molar-refractivity contribution in [1.82, 2.24) is 0 Å². The van der Waals surface area contributed by atoms with Gasteiger partial charge in [-0.25, -0.2) is 9.18 Å². The Labute approximate surface area is 80.1 Å². The van der Waals surface area contributed by atoms with Gasteiger partial charge < -0.3 is 9.84 Å². The fourth-order valence-corrected chi connectivity index (χ4v) is 1.49. The van der Waals surface area contributed by atoms with Gasteiger partial charge in [-0.3, -0.25) is 0 Å². The average molecular weight is 196 g/mol. The molecule has 2 atom stereocenters. The normalized spacial score (nSPS) is 26.3. The zero-order valence-corrected chi connectivity index (χ0v) is 7.31. The van der Waals surface area contributed by atoms with Crippen LogP contribution in [0.5, 0.6) is 0 Å². The first-order valence-electron chi connectivity index (χ1n) is 4.31. The summed E-state index contributed by atoms with van der Waals surface area (Å²) in [6.07, 6.45) is -1.65. The predicted molar refractivity (Wildman–Crippen MR) is 45.9 cm³/mol. The number of esters is 1. The van der Waals surface area contributed by atoms with Crippen LogP contribution in [0.1, 0.15) is 18.1 Å². The Morgan fingerprint density at radius 3 is 2.71 bits per heavy atom. The molecule has 1 aliphatic heterocycles. The quantitative estimate of drug-likeness (QED) is 0.686. The largest absolute Gasteiger partial charge is 0.455 e. The highest BCUT2D eigenvalue weighted by Gasteiger charge is 2.34. The predicted octanol–water partition coefficient (Wildman–Crippen LogP) is 1.17. The van der Waals surface area contributed by atoms with Crippen molar-refractivity contribution in [3.8, 4) is 0 Å². The Morgan fingerprint density at radius 1 is 1.43 bits per heavy atom. The summed E-state index contributed by atoms with van der Waals surface area (Å²) in [6, 6.07) is 6.07. The number of halogens is 1. The number of cyclic esters (lactones) is 1. The van der Waals surface area contributed by atoms with Crippen LogP contribution >= 0.6 is 0 Å². The number of aliphatic hydroxyl groups is 1. The van der Waals surface area contributed by atoms with E-state index in [0.29, 0.717) is 5.56 Å². The molecule has 1 saturated heterocycles.